The highest BCUT2D eigenvalue weighted by atomic mass is 19.1. The number of carbonyl (C=O) groups is 1. The Kier molecular flexibility index (Phi) is 5.18. The van der Waals surface area contributed by atoms with Crippen LogP contribution in [0.3, 0.4) is 0 Å². The first kappa shape index (κ1) is 17.6. The second kappa shape index (κ2) is 7.35. The smallest absolute Gasteiger partial charge is 0.254 e. The number of nitrogens with one attached hydrogen (secondary N) is 1. The maximum Gasteiger partial charge on any atom is 0.254 e. The van der Waals surface area contributed by atoms with Gasteiger partial charge in [-0.2, -0.15) is 5.10 Å². The van der Waals surface area contributed by atoms with E-state index in [1.54, 1.807) is 16.8 Å². The van der Waals surface area contributed by atoms with Crippen molar-refractivity contribution in [1.29, 1.82) is 0 Å². The molecule has 6 heteroatoms. The molecule has 0 radical (unpaired) electrons. The Bertz CT molecular complexity index is 734. The lowest BCUT2D eigenvalue weighted by Crippen LogP contribution is -2.44. The highest BCUT2D eigenvalue weighted by Gasteiger charge is 2.30. The van der Waals surface area contributed by atoms with Gasteiger partial charge in [-0.3, -0.25) is 4.79 Å². The minimum absolute atomic E-state index is 0.232. The molecule has 0 unspecified atom stereocenters. The summed E-state index contributed by atoms with van der Waals surface area (Å²) in [7, 11) is 0. The van der Waals surface area contributed by atoms with Crippen molar-refractivity contribution in [2.45, 2.75) is 51.0 Å². The molecule has 3 rings (SSSR count). The first-order valence-corrected chi connectivity index (χ1v) is 8.86. The first-order valence-electron chi connectivity index (χ1n) is 8.86. The van der Waals surface area contributed by atoms with Crippen LogP contribution >= 0.6 is 0 Å². The topological polar surface area (TPSA) is 67.2 Å². The molecule has 1 fully saturated rings. The molecule has 1 amide bonds. The van der Waals surface area contributed by atoms with Crippen LogP contribution in [-0.2, 0) is 6.42 Å². The fraction of sp³-hybridized carbons (Fsp3) is 0.474. The molecule has 0 atom stereocenters. The fourth-order valence-electron chi connectivity index (χ4n) is 3.44. The molecule has 2 aromatic rings. The predicted molar refractivity (Wildman–Crippen MR) is 93.3 cm³/mol. The molecule has 2 N–H and O–H groups in total. The van der Waals surface area contributed by atoms with Gasteiger partial charge in [0.2, 0.25) is 0 Å². The molecule has 1 saturated carbocycles. The zero-order valence-electron chi connectivity index (χ0n) is 14.5. The van der Waals surface area contributed by atoms with E-state index in [1.807, 2.05) is 6.92 Å². The predicted octanol–water partition coefficient (Wildman–Crippen LogP) is 3.00. The third-order valence-electron chi connectivity index (χ3n) is 4.88. The van der Waals surface area contributed by atoms with Gasteiger partial charge in [-0.15, -0.1) is 0 Å². The van der Waals surface area contributed by atoms with Gasteiger partial charge in [0.15, 0.2) is 0 Å². The largest absolute Gasteiger partial charge is 0.388 e. The number of rotatable bonds is 5. The van der Waals surface area contributed by atoms with Crippen molar-refractivity contribution in [2.24, 2.45) is 0 Å². The Labute approximate surface area is 146 Å². The maximum atomic E-state index is 13.1. The number of aromatic nitrogens is 2. The number of hydrogen-bond donors (Lipinski definition) is 2. The Morgan fingerprint density at radius 1 is 1.28 bits per heavy atom. The molecule has 1 aromatic heterocycles. The van der Waals surface area contributed by atoms with Crippen molar-refractivity contribution >= 4 is 5.91 Å². The summed E-state index contributed by atoms with van der Waals surface area (Å²) in [5.41, 5.74) is 1.17. The molecule has 134 valence electrons. The summed E-state index contributed by atoms with van der Waals surface area (Å²) in [6.07, 6.45) is 6.73. The molecule has 0 saturated heterocycles. The number of carbonyl (C=O) groups excluding carboxylic acids is 1. The van der Waals surface area contributed by atoms with Gasteiger partial charge in [-0.05, 0) is 43.5 Å². The average molecular weight is 345 g/mol. The van der Waals surface area contributed by atoms with Crippen LogP contribution in [-0.4, -0.2) is 32.9 Å². The minimum atomic E-state index is -0.798. The first-order chi connectivity index (χ1) is 12.0. The second-order valence-corrected chi connectivity index (χ2v) is 6.71. The van der Waals surface area contributed by atoms with Crippen molar-refractivity contribution < 1.29 is 14.3 Å². The van der Waals surface area contributed by atoms with Crippen molar-refractivity contribution in [2.75, 3.05) is 6.54 Å². The molecule has 0 spiro atoms. The van der Waals surface area contributed by atoms with Crippen molar-refractivity contribution in [3.8, 4) is 5.69 Å². The van der Waals surface area contributed by atoms with E-state index in [2.05, 4.69) is 10.4 Å². The standard InChI is InChI=1S/C19H24FN3O2/c1-2-17-16(12-22-23(17)15-8-6-14(20)7-9-15)18(24)21-13-19(25)10-4-3-5-11-19/h6-9,12,25H,2-5,10-11,13H2,1H3,(H,21,24). The van der Waals surface area contributed by atoms with E-state index in [0.29, 0.717) is 17.7 Å². The van der Waals surface area contributed by atoms with Crippen LogP contribution in [0.1, 0.15) is 55.1 Å². The molecular weight excluding hydrogens is 321 g/mol. The van der Waals surface area contributed by atoms with Gasteiger partial charge in [0.1, 0.15) is 5.82 Å². The number of aliphatic hydroxyl groups is 1. The van der Waals surface area contributed by atoms with Crippen LogP contribution in [0, 0.1) is 5.82 Å². The van der Waals surface area contributed by atoms with E-state index in [4.69, 9.17) is 0 Å². The average Bonchev–Trinajstić information content (AvgIpc) is 3.05. The molecule has 25 heavy (non-hydrogen) atoms. The van der Waals surface area contributed by atoms with Crippen LogP contribution in [0.15, 0.2) is 30.5 Å². The van der Waals surface area contributed by atoms with Crippen LogP contribution in [0.25, 0.3) is 5.69 Å². The van der Waals surface area contributed by atoms with Crippen LogP contribution < -0.4 is 5.32 Å². The number of amides is 1. The van der Waals surface area contributed by atoms with Crippen LogP contribution in [0.5, 0.6) is 0 Å². The number of benzene rings is 1. The molecule has 1 aliphatic rings. The fourth-order valence-corrected chi connectivity index (χ4v) is 3.44. The third kappa shape index (κ3) is 3.90. The summed E-state index contributed by atoms with van der Waals surface area (Å²) >= 11 is 0. The van der Waals surface area contributed by atoms with Gasteiger partial charge < -0.3 is 10.4 Å². The van der Waals surface area contributed by atoms with Gasteiger partial charge in [0, 0.05) is 6.54 Å². The highest BCUT2D eigenvalue weighted by molar-refractivity contribution is 5.95. The van der Waals surface area contributed by atoms with E-state index < -0.39 is 5.60 Å². The van der Waals surface area contributed by atoms with E-state index in [-0.39, 0.29) is 18.3 Å². The lowest BCUT2D eigenvalue weighted by atomic mass is 9.85. The van der Waals surface area contributed by atoms with E-state index >= 15 is 0 Å². The Morgan fingerprint density at radius 3 is 2.60 bits per heavy atom. The zero-order chi connectivity index (χ0) is 17.9. The number of hydrogen-bond acceptors (Lipinski definition) is 3. The van der Waals surface area contributed by atoms with Crippen LogP contribution in [0.2, 0.25) is 0 Å². The van der Waals surface area contributed by atoms with Gasteiger partial charge in [-0.25, -0.2) is 9.07 Å². The monoisotopic (exact) mass is 345 g/mol. The summed E-state index contributed by atoms with van der Waals surface area (Å²) in [4.78, 5) is 12.6. The second-order valence-electron chi connectivity index (χ2n) is 6.71. The molecule has 0 bridgehead atoms. The Morgan fingerprint density at radius 2 is 1.96 bits per heavy atom. The normalized spacial score (nSPS) is 16.6. The minimum Gasteiger partial charge on any atom is -0.388 e. The van der Waals surface area contributed by atoms with E-state index in [1.165, 1.54) is 18.3 Å². The van der Waals surface area contributed by atoms with E-state index in [9.17, 15) is 14.3 Å². The summed E-state index contributed by atoms with van der Waals surface area (Å²) in [5.74, 6) is -0.545. The highest BCUT2D eigenvalue weighted by Crippen LogP contribution is 2.27. The summed E-state index contributed by atoms with van der Waals surface area (Å²) in [6.45, 7) is 2.21. The van der Waals surface area contributed by atoms with Crippen molar-refractivity contribution in [1.82, 2.24) is 15.1 Å². The Hall–Kier alpha value is -2.21. The lowest BCUT2D eigenvalue weighted by molar-refractivity contribution is 0.00524. The maximum absolute atomic E-state index is 13.1. The zero-order valence-corrected chi connectivity index (χ0v) is 14.5. The third-order valence-corrected chi connectivity index (χ3v) is 4.88. The van der Waals surface area contributed by atoms with Crippen molar-refractivity contribution in [3.05, 3.63) is 47.5 Å². The van der Waals surface area contributed by atoms with Gasteiger partial charge in [0.05, 0.1) is 28.7 Å². The number of nitrogens with zero attached hydrogens (tertiary/aromatic N) is 2. The van der Waals surface area contributed by atoms with Crippen molar-refractivity contribution in [3.63, 3.8) is 0 Å². The summed E-state index contributed by atoms with van der Waals surface area (Å²) < 4.78 is 14.8. The van der Waals surface area contributed by atoms with Gasteiger partial charge >= 0.3 is 0 Å². The summed E-state index contributed by atoms with van der Waals surface area (Å²) in [6, 6.07) is 6.01. The molecule has 5 nitrogen and oxygen atoms in total. The Balaban J connectivity index is 1.75. The van der Waals surface area contributed by atoms with Gasteiger partial charge in [0.25, 0.3) is 5.91 Å². The molecular formula is C19H24FN3O2. The molecule has 1 aliphatic carbocycles. The number of halogens is 1. The molecule has 1 aromatic carbocycles. The summed E-state index contributed by atoms with van der Waals surface area (Å²) in [5, 5.41) is 17.7. The SMILES string of the molecule is CCc1c(C(=O)NCC2(O)CCCCC2)cnn1-c1ccc(F)cc1. The van der Waals surface area contributed by atoms with E-state index in [0.717, 1.165) is 37.8 Å². The molecule has 1 heterocycles. The van der Waals surface area contributed by atoms with Gasteiger partial charge in [-0.1, -0.05) is 26.2 Å². The van der Waals surface area contributed by atoms with Crippen LogP contribution in [0.4, 0.5) is 4.39 Å². The molecule has 0 aliphatic heterocycles. The lowest BCUT2D eigenvalue weighted by Gasteiger charge is -2.32. The quantitative estimate of drug-likeness (QED) is 0.875.